The standard InChI is InChI=1S/C18H19N/c1-5-7-14-10-11-15(16(19)6-2)18-13(4)9-8-12(3)17(14)18/h5-11H,1,4,19H2,2-3H3/b14-7-,16-6+. The largest absolute Gasteiger partial charge is 0.398 e. The Hall–Kier alpha value is -2.28. The van der Waals surface area contributed by atoms with Crippen molar-refractivity contribution in [1.29, 1.82) is 0 Å². The Morgan fingerprint density at radius 1 is 1.16 bits per heavy atom. The molecule has 96 valence electrons. The lowest BCUT2D eigenvalue weighted by atomic mass is 9.95. The van der Waals surface area contributed by atoms with Gasteiger partial charge in [0.2, 0.25) is 0 Å². The number of benzene rings is 2. The van der Waals surface area contributed by atoms with E-state index < -0.39 is 0 Å². The van der Waals surface area contributed by atoms with Crippen LogP contribution >= 0.6 is 0 Å². The van der Waals surface area contributed by atoms with Gasteiger partial charge in [0.15, 0.2) is 0 Å². The maximum absolute atomic E-state index is 6.11. The molecule has 0 unspecified atom stereocenters. The van der Waals surface area contributed by atoms with Crippen LogP contribution in [0.2, 0.25) is 0 Å². The summed E-state index contributed by atoms with van der Waals surface area (Å²) in [4.78, 5) is 0. The first kappa shape index (κ1) is 13.2. The van der Waals surface area contributed by atoms with Crippen LogP contribution in [0.1, 0.15) is 18.1 Å². The Kier molecular flexibility index (Phi) is 3.57. The second-order valence-electron chi connectivity index (χ2n) is 4.64. The monoisotopic (exact) mass is 249 g/mol. The fraction of sp³-hybridized carbons (Fsp3) is 0.111. The summed E-state index contributed by atoms with van der Waals surface area (Å²) in [6.45, 7) is 12.0. The third kappa shape index (κ3) is 2.19. The number of allylic oxidation sites excluding steroid dienone is 2. The van der Waals surface area contributed by atoms with Crippen molar-refractivity contribution in [2.45, 2.75) is 13.8 Å². The van der Waals surface area contributed by atoms with Gasteiger partial charge < -0.3 is 5.73 Å². The Labute approximate surface area is 114 Å². The minimum Gasteiger partial charge on any atom is -0.398 e. The molecule has 1 nitrogen and oxygen atoms in total. The molecule has 0 spiro atoms. The normalized spacial score (nSPS) is 12.9. The van der Waals surface area contributed by atoms with Crippen LogP contribution in [-0.2, 0) is 0 Å². The van der Waals surface area contributed by atoms with E-state index in [2.05, 4.69) is 38.3 Å². The molecule has 2 N–H and O–H groups in total. The lowest BCUT2D eigenvalue weighted by Gasteiger charge is -2.10. The number of fused-ring (bicyclic) bond motifs is 1. The zero-order valence-electron chi connectivity index (χ0n) is 11.5. The van der Waals surface area contributed by atoms with Gasteiger partial charge >= 0.3 is 0 Å². The summed E-state index contributed by atoms with van der Waals surface area (Å²) in [5.74, 6) is 0. The molecule has 0 aliphatic rings. The summed E-state index contributed by atoms with van der Waals surface area (Å²) in [7, 11) is 0. The fourth-order valence-corrected chi connectivity index (χ4v) is 2.43. The second-order valence-corrected chi connectivity index (χ2v) is 4.64. The summed E-state index contributed by atoms with van der Waals surface area (Å²) in [6.07, 6.45) is 5.75. The van der Waals surface area contributed by atoms with E-state index in [9.17, 15) is 0 Å². The number of nitrogens with two attached hydrogens (primary N) is 1. The van der Waals surface area contributed by atoms with Crippen molar-refractivity contribution in [3.8, 4) is 0 Å². The number of hydrogen-bond donors (Lipinski definition) is 1. The predicted molar refractivity (Wildman–Crippen MR) is 86.0 cm³/mol. The van der Waals surface area contributed by atoms with Crippen LogP contribution in [0.25, 0.3) is 29.1 Å². The van der Waals surface area contributed by atoms with Gasteiger partial charge in [-0.05, 0) is 40.6 Å². The van der Waals surface area contributed by atoms with Crippen LogP contribution in [0.5, 0.6) is 0 Å². The van der Waals surface area contributed by atoms with E-state index in [0.717, 1.165) is 27.1 Å². The molecule has 2 aromatic rings. The first-order valence-corrected chi connectivity index (χ1v) is 6.36. The van der Waals surface area contributed by atoms with Gasteiger partial charge in [0, 0.05) is 11.3 Å². The molecule has 2 rings (SSSR count). The maximum atomic E-state index is 6.11. The highest BCUT2D eigenvalue weighted by atomic mass is 14.6. The maximum Gasteiger partial charge on any atom is 0.0350 e. The van der Waals surface area contributed by atoms with Crippen molar-refractivity contribution in [3.05, 3.63) is 64.6 Å². The third-order valence-corrected chi connectivity index (χ3v) is 3.41. The van der Waals surface area contributed by atoms with Crippen LogP contribution in [0.4, 0.5) is 0 Å². The Morgan fingerprint density at radius 3 is 2.53 bits per heavy atom. The summed E-state index contributed by atoms with van der Waals surface area (Å²) >= 11 is 0. The van der Waals surface area contributed by atoms with Crippen molar-refractivity contribution in [2.24, 2.45) is 5.73 Å². The van der Waals surface area contributed by atoms with E-state index in [1.807, 2.05) is 31.2 Å². The molecule has 0 saturated carbocycles. The molecule has 2 aromatic carbocycles. The lowest BCUT2D eigenvalue weighted by Crippen LogP contribution is -2.13. The van der Waals surface area contributed by atoms with Crippen LogP contribution in [0, 0.1) is 6.92 Å². The third-order valence-electron chi connectivity index (χ3n) is 3.41. The molecule has 19 heavy (non-hydrogen) atoms. The summed E-state index contributed by atoms with van der Waals surface area (Å²) in [6, 6.07) is 8.28. The van der Waals surface area contributed by atoms with Gasteiger partial charge in [0.05, 0.1) is 0 Å². The van der Waals surface area contributed by atoms with Gasteiger partial charge in [-0.2, -0.15) is 0 Å². The molecule has 0 aliphatic heterocycles. The predicted octanol–water partition coefficient (Wildman–Crippen LogP) is 2.84. The molecule has 0 atom stereocenters. The first-order valence-electron chi connectivity index (χ1n) is 6.36. The molecule has 0 fully saturated rings. The van der Waals surface area contributed by atoms with Crippen LogP contribution in [0.3, 0.4) is 0 Å². The summed E-state index contributed by atoms with van der Waals surface area (Å²) < 4.78 is 0. The molecule has 0 aromatic heterocycles. The van der Waals surface area contributed by atoms with Crippen molar-refractivity contribution < 1.29 is 0 Å². The Bertz CT molecular complexity index is 779. The minimum absolute atomic E-state index is 0.783. The molecule has 1 heteroatoms. The first-order chi connectivity index (χ1) is 9.10. The molecule has 0 saturated heterocycles. The van der Waals surface area contributed by atoms with Gasteiger partial charge in [-0.3, -0.25) is 0 Å². The van der Waals surface area contributed by atoms with E-state index >= 15 is 0 Å². The Morgan fingerprint density at radius 2 is 1.89 bits per heavy atom. The van der Waals surface area contributed by atoms with E-state index in [-0.39, 0.29) is 0 Å². The van der Waals surface area contributed by atoms with Crippen LogP contribution in [-0.4, -0.2) is 0 Å². The highest BCUT2D eigenvalue weighted by Gasteiger charge is 2.07. The van der Waals surface area contributed by atoms with Crippen LogP contribution < -0.4 is 16.2 Å². The molecule has 0 heterocycles. The molecule has 0 bridgehead atoms. The zero-order chi connectivity index (χ0) is 14.0. The smallest absolute Gasteiger partial charge is 0.0350 e. The van der Waals surface area contributed by atoms with Crippen molar-refractivity contribution in [1.82, 2.24) is 0 Å². The van der Waals surface area contributed by atoms with Gasteiger partial charge in [0.25, 0.3) is 0 Å². The Balaban J connectivity index is 3.12. The van der Waals surface area contributed by atoms with Gasteiger partial charge in [-0.25, -0.2) is 0 Å². The van der Waals surface area contributed by atoms with Crippen molar-refractivity contribution >= 4 is 29.1 Å². The summed E-state index contributed by atoms with van der Waals surface area (Å²) in [5.41, 5.74) is 9.16. The van der Waals surface area contributed by atoms with E-state index in [1.165, 1.54) is 10.9 Å². The SMILES string of the molecule is C=C/C=c1/ccc(/C(N)=C\C)c2c(=C)ccc(C)c12. The van der Waals surface area contributed by atoms with E-state index in [0.29, 0.717) is 0 Å². The lowest BCUT2D eigenvalue weighted by molar-refractivity contribution is 1.46. The van der Waals surface area contributed by atoms with E-state index in [1.54, 1.807) is 0 Å². The van der Waals surface area contributed by atoms with Gasteiger partial charge in [-0.1, -0.05) is 55.7 Å². The minimum atomic E-state index is 0.783. The molecule has 0 amide bonds. The van der Waals surface area contributed by atoms with Gasteiger partial charge in [0.1, 0.15) is 0 Å². The topological polar surface area (TPSA) is 26.0 Å². The average molecular weight is 249 g/mol. The number of aryl methyl sites for hydroxylation is 1. The van der Waals surface area contributed by atoms with Crippen molar-refractivity contribution in [2.75, 3.05) is 0 Å². The quantitative estimate of drug-likeness (QED) is 0.870. The molecule has 0 radical (unpaired) electrons. The molecule has 0 aliphatic carbocycles. The average Bonchev–Trinajstić information content (AvgIpc) is 2.42. The van der Waals surface area contributed by atoms with E-state index in [4.69, 9.17) is 5.73 Å². The fourth-order valence-electron chi connectivity index (χ4n) is 2.43. The summed E-state index contributed by atoms with van der Waals surface area (Å²) in [5, 5.41) is 4.49. The zero-order valence-corrected chi connectivity index (χ0v) is 11.5. The second kappa shape index (κ2) is 5.15. The molecular weight excluding hydrogens is 230 g/mol. The van der Waals surface area contributed by atoms with Crippen LogP contribution in [0.15, 0.2) is 43.0 Å². The number of hydrogen-bond acceptors (Lipinski definition) is 1. The number of rotatable bonds is 2. The van der Waals surface area contributed by atoms with Crippen molar-refractivity contribution in [3.63, 3.8) is 0 Å². The van der Waals surface area contributed by atoms with Gasteiger partial charge in [-0.15, -0.1) is 0 Å². The highest BCUT2D eigenvalue weighted by molar-refractivity contribution is 5.96. The highest BCUT2D eigenvalue weighted by Crippen LogP contribution is 2.19. The molecular formula is C18H19N.